The third-order valence-electron chi connectivity index (χ3n) is 3.05. The molecule has 0 unspecified atom stereocenters. The number of rotatable bonds is 3. The topological polar surface area (TPSA) is 12.9 Å². The van der Waals surface area contributed by atoms with E-state index in [1.165, 1.54) is 16.0 Å². The Bertz CT molecular complexity index is 727. The summed E-state index contributed by atoms with van der Waals surface area (Å²) < 4.78 is 0. The summed E-state index contributed by atoms with van der Waals surface area (Å²) in [7, 11) is 0. The fraction of sp³-hybridized carbons (Fsp3) is 0.0556. The van der Waals surface area contributed by atoms with E-state index in [9.17, 15) is 0 Å². The summed E-state index contributed by atoms with van der Waals surface area (Å²) in [5, 5.41) is 2.11. The first-order valence-corrected chi connectivity index (χ1v) is 7.45. The van der Waals surface area contributed by atoms with Gasteiger partial charge in [0.15, 0.2) is 0 Å². The minimum Gasteiger partial charge on any atom is -0.254 e. The lowest BCUT2D eigenvalue weighted by Crippen LogP contribution is -1.83. The second kappa shape index (κ2) is 5.85. The van der Waals surface area contributed by atoms with Crippen LogP contribution in [0.15, 0.2) is 60.0 Å². The van der Waals surface area contributed by atoms with Crippen molar-refractivity contribution in [1.82, 2.24) is 4.98 Å². The van der Waals surface area contributed by atoms with Crippen molar-refractivity contribution in [3.8, 4) is 10.4 Å². The molecule has 0 radical (unpaired) electrons. The molecule has 0 spiro atoms. The molecule has 98 valence electrons. The first-order chi connectivity index (χ1) is 9.81. The molecule has 0 saturated carbocycles. The third-order valence-corrected chi connectivity index (χ3v) is 3.97. The van der Waals surface area contributed by atoms with Gasteiger partial charge in [0.1, 0.15) is 0 Å². The van der Waals surface area contributed by atoms with E-state index in [1.807, 2.05) is 25.1 Å². The fourth-order valence-corrected chi connectivity index (χ4v) is 2.80. The van der Waals surface area contributed by atoms with Crippen LogP contribution in [0.2, 0.25) is 0 Å². The SMILES string of the molecule is Cc1cccc(C=Cc2cccc(-c3cccs3)c2)n1. The third kappa shape index (κ3) is 3.03. The molecule has 0 aliphatic carbocycles. The molecule has 0 N–H and O–H groups in total. The lowest BCUT2D eigenvalue weighted by molar-refractivity contribution is 1.18. The van der Waals surface area contributed by atoms with Gasteiger partial charge in [-0.15, -0.1) is 11.3 Å². The minimum absolute atomic E-state index is 0.992. The van der Waals surface area contributed by atoms with Gasteiger partial charge in [-0.1, -0.05) is 36.4 Å². The molecule has 1 aromatic carbocycles. The Labute approximate surface area is 123 Å². The zero-order valence-electron chi connectivity index (χ0n) is 11.3. The Morgan fingerprint density at radius 3 is 2.65 bits per heavy atom. The highest BCUT2D eigenvalue weighted by atomic mass is 32.1. The molecule has 0 fully saturated rings. The maximum atomic E-state index is 4.48. The molecule has 2 heterocycles. The molecule has 0 aliphatic rings. The average molecular weight is 277 g/mol. The van der Waals surface area contributed by atoms with Crippen LogP contribution >= 0.6 is 11.3 Å². The molecule has 1 nitrogen and oxygen atoms in total. The predicted octanol–water partition coefficient (Wildman–Crippen LogP) is 5.29. The van der Waals surface area contributed by atoms with Crippen molar-refractivity contribution in [3.63, 3.8) is 0 Å². The van der Waals surface area contributed by atoms with Gasteiger partial charge in [0, 0.05) is 10.6 Å². The van der Waals surface area contributed by atoms with E-state index in [0.29, 0.717) is 0 Å². The predicted molar refractivity (Wildman–Crippen MR) is 87.7 cm³/mol. The normalized spacial score (nSPS) is 11.1. The molecule has 0 aliphatic heterocycles. The van der Waals surface area contributed by atoms with Crippen molar-refractivity contribution < 1.29 is 0 Å². The summed E-state index contributed by atoms with van der Waals surface area (Å²) in [5.41, 5.74) is 4.49. The van der Waals surface area contributed by atoms with Crippen LogP contribution in [0.25, 0.3) is 22.6 Å². The quantitative estimate of drug-likeness (QED) is 0.634. The molecule has 0 atom stereocenters. The molecule has 3 rings (SSSR count). The number of pyridine rings is 1. The van der Waals surface area contributed by atoms with Gasteiger partial charge < -0.3 is 0 Å². The monoisotopic (exact) mass is 277 g/mol. The highest BCUT2D eigenvalue weighted by molar-refractivity contribution is 7.13. The van der Waals surface area contributed by atoms with E-state index in [0.717, 1.165) is 11.4 Å². The average Bonchev–Trinajstić information content (AvgIpc) is 3.00. The Balaban J connectivity index is 1.86. The van der Waals surface area contributed by atoms with Crippen LogP contribution in [-0.4, -0.2) is 4.98 Å². The number of hydrogen-bond acceptors (Lipinski definition) is 2. The Kier molecular flexibility index (Phi) is 3.75. The highest BCUT2D eigenvalue weighted by Crippen LogP contribution is 2.25. The van der Waals surface area contributed by atoms with Crippen LogP contribution in [0.4, 0.5) is 0 Å². The molecule has 2 aromatic heterocycles. The van der Waals surface area contributed by atoms with Gasteiger partial charge in [-0.25, -0.2) is 0 Å². The van der Waals surface area contributed by atoms with Crippen LogP contribution in [-0.2, 0) is 0 Å². The molecule has 0 saturated heterocycles. The van der Waals surface area contributed by atoms with Crippen LogP contribution < -0.4 is 0 Å². The summed E-state index contributed by atoms with van der Waals surface area (Å²) in [6, 6.07) is 18.9. The van der Waals surface area contributed by atoms with Gasteiger partial charge >= 0.3 is 0 Å². The Hall–Kier alpha value is -2.19. The van der Waals surface area contributed by atoms with E-state index in [4.69, 9.17) is 0 Å². The summed E-state index contributed by atoms with van der Waals surface area (Å²) in [5.74, 6) is 0. The van der Waals surface area contributed by atoms with Crippen LogP contribution in [0.5, 0.6) is 0 Å². The molecule has 0 amide bonds. The number of benzene rings is 1. The number of aryl methyl sites for hydroxylation is 1. The smallest absolute Gasteiger partial charge is 0.0633 e. The van der Waals surface area contributed by atoms with E-state index < -0.39 is 0 Å². The van der Waals surface area contributed by atoms with Crippen molar-refractivity contribution in [2.75, 3.05) is 0 Å². The molecule has 0 bridgehead atoms. The second-order valence-electron chi connectivity index (χ2n) is 4.64. The van der Waals surface area contributed by atoms with E-state index in [2.05, 4.69) is 58.9 Å². The van der Waals surface area contributed by atoms with Crippen molar-refractivity contribution in [2.24, 2.45) is 0 Å². The highest BCUT2D eigenvalue weighted by Gasteiger charge is 1.98. The van der Waals surface area contributed by atoms with Gasteiger partial charge in [0.2, 0.25) is 0 Å². The van der Waals surface area contributed by atoms with Crippen LogP contribution in [0.3, 0.4) is 0 Å². The fourth-order valence-electron chi connectivity index (χ4n) is 2.08. The minimum atomic E-state index is 0.992. The zero-order chi connectivity index (χ0) is 13.8. The largest absolute Gasteiger partial charge is 0.254 e. The van der Waals surface area contributed by atoms with Crippen molar-refractivity contribution in [1.29, 1.82) is 0 Å². The molecule has 2 heteroatoms. The Morgan fingerprint density at radius 2 is 1.85 bits per heavy atom. The van der Waals surface area contributed by atoms with Gasteiger partial charge in [-0.2, -0.15) is 0 Å². The van der Waals surface area contributed by atoms with E-state index in [-0.39, 0.29) is 0 Å². The molecule has 20 heavy (non-hydrogen) atoms. The second-order valence-corrected chi connectivity index (χ2v) is 5.59. The number of thiophene rings is 1. The van der Waals surface area contributed by atoms with Crippen LogP contribution in [0.1, 0.15) is 17.0 Å². The Morgan fingerprint density at radius 1 is 0.950 bits per heavy atom. The van der Waals surface area contributed by atoms with Gasteiger partial charge in [0.25, 0.3) is 0 Å². The molecule has 3 aromatic rings. The maximum absolute atomic E-state index is 4.48. The van der Waals surface area contributed by atoms with Crippen molar-refractivity contribution in [2.45, 2.75) is 6.92 Å². The molecular weight excluding hydrogens is 262 g/mol. The number of hydrogen-bond donors (Lipinski definition) is 0. The van der Waals surface area contributed by atoms with Gasteiger partial charge in [0.05, 0.1) is 5.69 Å². The molecular formula is C18H15NS. The van der Waals surface area contributed by atoms with Crippen LogP contribution in [0, 0.1) is 6.92 Å². The zero-order valence-corrected chi connectivity index (χ0v) is 12.1. The standard InChI is InChI=1S/C18H15NS/c1-14-5-2-8-17(19-14)11-10-15-6-3-7-16(13-15)18-9-4-12-20-18/h2-13H,1H3. The van der Waals surface area contributed by atoms with Crippen molar-refractivity contribution >= 4 is 23.5 Å². The van der Waals surface area contributed by atoms with Gasteiger partial charge in [-0.05, 0) is 53.8 Å². The first kappa shape index (κ1) is 12.8. The summed E-state index contributed by atoms with van der Waals surface area (Å²) in [6.07, 6.45) is 4.17. The first-order valence-electron chi connectivity index (χ1n) is 6.57. The lowest BCUT2D eigenvalue weighted by Gasteiger charge is -2.00. The van der Waals surface area contributed by atoms with E-state index >= 15 is 0 Å². The summed E-state index contributed by atoms with van der Waals surface area (Å²) in [6.45, 7) is 2.01. The summed E-state index contributed by atoms with van der Waals surface area (Å²) >= 11 is 1.76. The van der Waals surface area contributed by atoms with E-state index in [1.54, 1.807) is 11.3 Å². The van der Waals surface area contributed by atoms with Crippen molar-refractivity contribution in [3.05, 3.63) is 76.9 Å². The summed E-state index contributed by atoms with van der Waals surface area (Å²) in [4.78, 5) is 5.78. The van der Waals surface area contributed by atoms with Gasteiger partial charge in [-0.3, -0.25) is 4.98 Å². The number of nitrogens with zero attached hydrogens (tertiary/aromatic N) is 1. The lowest BCUT2D eigenvalue weighted by atomic mass is 10.1. The maximum Gasteiger partial charge on any atom is 0.0633 e. The number of aromatic nitrogens is 1.